The van der Waals surface area contributed by atoms with Crippen LogP contribution >= 0.6 is 0 Å². The summed E-state index contributed by atoms with van der Waals surface area (Å²) in [5, 5.41) is 0. The first-order valence-electron chi connectivity index (χ1n) is 5.51. The largest absolute Gasteiger partial charge is 0.471 e. The molecule has 2 rings (SSSR count). The van der Waals surface area contributed by atoms with Crippen LogP contribution in [0.5, 0.6) is 5.88 Å². The zero-order valence-electron chi connectivity index (χ0n) is 10.5. The van der Waals surface area contributed by atoms with Gasteiger partial charge in [0.25, 0.3) is 0 Å². The van der Waals surface area contributed by atoms with Crippen LogP contribution in [0.15, 0.2) is 0 Å². The highest BCUT2D eigenvalue weighted by Crippen LogP contribution is 2.34. The van der Waals surface area contributed by atoms with Gasteiger partial charge in [0.1, 0.15) is 11.4 Å². The van der Waals surface area contributed by atoms with Gasteiger partial charge in [0.2, 0.25) is 5.88 Å². The van der Waals surface area contributed by atoms with Crippen LogP contribution in [0.1, 0.15) is 44.8 Å². The molecule has 0 atom stereocenters. The van der Waals surface area contributed by atoms with Gasteiger partial charge in [0.05, 0.1) is 0 Å². The summed E-state index contributed by atoms with van der Waals surface area (Å²) in [6.45, 7) is 12.0. The molecule has 0 amide bonds. The molecule has 0 saturated heterocycles. The molecular formula is C12H20N2O. The van der Waals surface area contributed by atoms with Crippen LogP contribution in [0.25, 0.3) is 0 Å². The molecule has 1 aliphatic rings. The second kappa shape index (κ2) is 4.17. The fraction of sp³-hybridized carbons (Fsp3) is 0.667. The summed E-state index contributed by atoms with van der Waals surface area (Å²) in [5.41, 5.74) is 2.10. The summed E-state index contributed by atoms with van der Waals surface area (Å²) in [6, 6.07) is 0. The normalized spacial score (nSPS) is 16.1. The molecule has 3 nitrogen and oxygen atoms in total. The molecular weight excluding hydrogens is 188 g/mol. The van der Waals surface area contributed by atoms with E-state index in [1.54, 1.807) is 0 Å². The van der Waals surface area contributed by atoms with E-state index in [9.17, 15) is 0 Å². The summed E-state index contributed by atoms with van der Waals surface area (Å²) < 4.78 is 5.70. The summed E-state index contributed by atoms with van der Waals surface area (Å²) in [5.74, 6) is 1.56. The van der Waals surface area contributed by atoms with Crippen molar-refractivity contribution in [3.8, 4) is 5.88 Å². The quantitative estimate of drug-likeness (QED) is 0.657. The molecule has 0 N–H and O–H groups in total. The fourth-order valence-electron chi connectivity index (χ4n) is 1.72. The van der Waals surface area contributed by atoms with Gasteiger partial charge in [-0.15, -0.1) is 0 Å². The maximum atomic E-state index is 5.70. The van der Waals surface area contributed by atoms with Crippen LogP contribution in [0, 0.1) is 13.8 Å². The lowest BCUT2D eigenvalue weighted by Crippen LogP contribution is -2.24. The third kappa shape index (κ3) is 2.46. The van der Waals surface area contributed by atoms with E-state index in [0.717, 1.165) is 29.4 Å². The van der Waals surface area contributed by atoms with Crippen molar-refractivity contribution in [3.05, 3.63) is 17.1 Å². The second-order valence-electron chi connectivity index (χ2n) is 4.18. The van der Waals surface area contributed by atoms with Crippen LogP contribution in [-0.2, 0) is 6.42 Å². The van der Waals surface area contributed by atoms with Gasteiger partial charge in [-0.2, -0.15) is 4.98 Å². The van der Waals surface area contributed by atoms with Crippen LogP contribution < -0.4 is 4.74 Å². The highest BCUT2D eigenvalue weighted by atomic mass is 16.5. The van der Waals surface area contributed by atoms with Gasteiger partial charge in [-0.25, -0.2) is 4.98 Å². The number of aryl methyl sites for hydroxylation is 2. The Kier molecular flexibility index (Phi) is 3.32. The van der Waals surface area contributed by atoms with Gasteiger partial charge in [0.15, 0.2) is 0 Å². The second-order valence-corrected chi connectivity index (χ2v) is 4.18. The summed E-state index contributed by atoms with van der Waals surface area (Å²) in [6.07, 6.45) is 0.911. The van der Waals surface area contributed by atoms with E-state index in [4.69, 9.17) is 4.74 Å². The molecule has 2 heterocycles. The van der Waals surface area contributed by atoms with Gasteiger partial charge in [0, 0.05) is 17.7 Å². The Bertz CT molecular complexity index is 359. The molecule has 1 aromatic rings. The molecule has 1 aliphatic heterocycles. The summed E-state index contributed by atoms with van der Waals surface area (Å²) in [4.78, 5) is 8.60. The average molecular weight is 208 g/mol. The summed E-state index contributed by atoms with van der Waals surface area (Å²) in [7, 11) is 0. The van der Waals surface area contributed by atoms with Crippen molar-refractivity contribution in [1.82, 2.24) is 9.97 Å². The van der Waals surface area contributed by atoms with Gasteiger partial charge >= 0.3 is 0 Å². The molecule has 0 spiro atoms. The lowest BCUT2D eigenvalue weighted by Gasteiger charge is -2.15. The first kappa shape index (κ1) is 12.0. The lowest BCUT2D eigenvalue weighted by atomic mass is 10.0. The van der Waals surface area contributed by atoms with Crippen molar-refractivity contribution in [2.24, 2.45) is 0 Å². The molecule has 0 fully saturated rings. The Morgan fingerprint density at radius 1 is 1.13 bits per heavy atom. The first-order chi connectivity index (χ1) is 6.98. The number of ether oxygens (including phenoxy) is 1. The molecule has 15 heavy (non-hydrogen) atoms. The van der Waals surface area contributed by atoms with E-state index >= 15 is 0 Å². The van der Waals surface area contributed by atoms with Gasteiger partial charge in [-0.1, -0.05) is 13.8 Å². The number of nitrogens with zero attached hydrogens (tertiary/aromatic N) is 2. The lowest BCUT2D eigenvalue weighted by molar-refractivity contribution is 0.133. The monoisotopic (exact) mass is 208 g/mol. The molecule has 0 aliphatic carbocycles. The van der Waals surface area contributed by atoms with E-state index in [1.165, 1.54) is 0 Å². The van der Waals surface area contributed by atoms with Crippen LogP contribution in [0.3, 0.4) is 0 Å². The maximum Gasteiger partial charge on any atom is 0.220 e. The molecule has 0 radical (unpaired) electrons. The van der Waals surface area contributed by atoms with Crippen molar-refractivity contribution < 1.29 is 4.74 Å². The number of rotatable bonds is 0. The van der Waals surface area contributed by atoms with E-state index in [0.29, 0.717) is 0 Å². The summed E-state index contributed by atoms with van der Waals surface area (Å²) >= 11 is 0. The smallest absolute Gasteiger partial charge is 0.220 e. The number of aromatic nitrogens is 2. The standard InChI is InChI=1S/C10H14N2O.C2H6/c1-6-8-5-10(3,4)13-9(8)12-7(2)11-6;1-2/h5H2,1-4H3;1-2H3. The predicted molar refractivity (Wildman–Crippen MR) is 61.3 cm³/mol. The Labute approximate surface area is 91.9 Å². The molecule has 84 valence electrons. The fourth-order valence-corrected chi connectivity index (χ4v) is 1.72. The highest BCUT2D eigenvalue weighted by Gasteiger charge is 2.32. The van der Waals surface area contributed by atoms with Crippen LogP contribution in [0.4, 0.5) is 0 Å². The molecule has 0 aromatic carbocycles. The Morgan fingerprint density at radius 2 is 1.73 bits per heavy atom. The van der Waals surface area contributed by atoms with Crippen molar-refractivity contribution in [3.63, 3.8) is 0 Å². The minimum absolute atomic E-state index is 0.116. The molecule has 3 heteroatoms. The van der Waals surface area contributed by atoms with Crippen LogP contribution in [0.2, 0.25) is 0 Å². The van der Waals surface area contributed by atoms with E-state index in [1.807, 2.05) is 27.7 Å². The van der Waals surface area contributed by atoms with Crippen molar-refractivity contribution >= 4 is 0 Å². The third-order valence-corrected chi connectivity index (χ3v) is 2.26. The molecule has 1 aromatic heterocycles. The van der Waals surface area contributed by atoms with Crippen LogP contribution in [-0.4, -0.2) is 15.6 Å². The first-order valence-corrected chi connectivity index (χ1v) is 5.51. The highest BCUT2D eigenvalue weighted by molar-refractivity contribution is 5.35. The van der Waals surface area contributed by atoms with Crippen molar-refractivity contribution in [2.45, 2.75) is 53.6 Å². The molecule has 0 saturated carbocycles. The topological polar surface area (TPSA) is 35.0 Å². The Balaban J connectivity index is 0.000000531. The maximum absolute atomic E-state index is 5.70. The third-order valence-electron chi connectivity index (χ3n) is 2.26. The zero-order valence-corrected chi connectivity index (χ0v) is 10.5. The minimum atomic E-state index is -0.116. The van der Waals surface area contributed by atoms with Gasteiger partial charge in [-0.05, 0) is 27.7 Å². The number of hydrogen-bond acceptors (Lipinski definition) is 3. The Morgan fingerprint density at radius 3 is 2.33 bits per heavy atom. The molecule has 0 bridgehead atoms. The number of hydrogen-bond donors (Lipinski definition) is 0. The van der Waals surface area contributed by atoms with Crippen molar-refractivity contribution in [1.29, 1.82) is 0 Å². The van der Waals surface area contributed by atoms with E-state index < -0.39 is 0 Å². The predicted octanol–water partition coefficient (Wildman–Crippen LogP) is 2.83. The number of fused-ring (bicyclic) bond motifs is 1. The Hall–Kier alpha value is -1.12. The SMILES string of the molecule is CC.Cc1nc(C)c2c(n1)OC(C)(C)C2. The average Bonchev–Trinajstić information content (AvgIpc) is 2.43. The van der Waals surface area contributed by atoms with E-state index in [2.05, 4.69) is 23.8 Å². The van der Waals surface area contributed by atoms with Gasteiger partial charge < -0.3 is 4.74 Å². The molecule has 0 unspecified atom stereocenters. The van der Waals surface area contributed by atoms with Gasteiger partial charge in [-0.3, -0.25) is 0 Å². The van der Waals surface area contributed by atoms with E-state index in [-0.39, 0.29) is 5.60 Å². The van der Waals surface area contributed by atoms with Crippen molar-refractivity contribution in [2.75, 3.05) is 0 Å². The zero-order chi connectivity index (χ0) is 11.6. The minimum Gasteiger partial charge on any atom is -0.471 e.